The fourth-order valence-electron chi connectivity index (χ4n) is 1.63. The van der Waals surface area contributed by atoms with Gasteiger partial charge in [0.2, 0.25) is 11.8 Å². The van der Waals surface area contributed by atoms with Crippen molar-refractivity contribution in [3.05, 3.63) is 53.2 Å². The maximum atomic E-state index is 11.6. The molecule has 2 amide bonds. The van der Waals surface area contributed by atoms with Crippen molar-refractivity contribution in [2.75, 3.05) is 5.32 Å². The van der Waals surface area contributed by atoms with Crippen LogP contribution in [0.25, 0.3) is 5.69 Å². The van der Waals surface area contributed by atoms with Crippen LogP contribution in [-0.2, 0) is 9.59 Å². The Morgan fingerprint density at radius 3 is 2.55 bits per heavy atom. The second-order valence-corrected chi connectivity index (χ2v) is 4.02. The molecule has 1 aromatic heterocycles. The van der Waals surface area contributed by atoms with Gasteiger partial charge in [-0.1, -0.05) is 0 Å². The number of hydrogen-bond acceptors (Lipinski definition) is 4. The average molecular weight is 272 g/mol. The van der Waals surface area contributed by atoms with Crippen LogP contribution in [0.15, 0.2) is 47.7 Å². The number of amides is 2. The maximum Gasteiger partial charge on any atom is 0.273 e. The molecule has 0 unspecified atom stereocenters. The summed E-state index contributed by atoms with van der Waals surface area (Å²) in [6.07, 6.45) is 3.89. The van der Waals surface area contributed by atoms with Gasteiger partial charge in [0.05, 0.1) is 6.20 Å². The van der Waals surface area contributed by atoms with Crippen molar-refractivity contribution < 1.29 is 9.59 Å². The number of anilines is 1. The van der Waals surface area contributed by atoms with Crippen molar-refractivity contribution in [2.24, 2.45) is 5.73 Å². The number of nitrogens with two attached hydrogens (primary N) is 1. The third kappa shape index (κ3) is 3.29. The Bertz CT molecular complexity index is 691. The first-order valence-electron chi connectivity index (χ1n) is 5.77. The van der Waals surface area contributed by atoms with Crippen LogP contribution in [0.1, 0.15) is 6.42 Å². The molecule has 7 heteroatoms. The predicted molar refractivity (Wildman–Crippen MR) is 72.3 cm³/mol. The highest BCUT2D eigenvalue weighted by molar-refractivity contribution is 6.03. The Balaban J connectivity index is 2.15. The Morgan fingerprint density at radius 2 is 1.95 bits per heavy atom. The van der Waals surface area contributed by atoms with E-state index in [1.54, 1.807) is 30.5 Å². The van der Waals surface area contributed by atoms with Crippen LogP contribution in [0, 0.1) is 0 Å². The van der Waals surface area contributed by atoms with Crippen molar-refractivity contribution in [3.63, 3.8) is 0 Å². The summed E-state index contributed by atoms with van der Waals surface area (Å²) >= 11 is 0. The summed E-state index contributed by atoms with van der Waals surface area (Å²) in [5, 5.41) is 2.53. The molecule has 0 atom stereocenters. The average Bonchev–Trinajstić information content (AvgIpc) is 2.39. The van der Waals surface area contributed by atoms with Crippen molar-refractivity contribution in [1.29, 1.82) is 0 Å². The second kappa shape index (κ2) is 5.79. The molecule has 0 aliphatic carbocycles. The van der Waals surface area contributed by atoms with Gasteiger partial charge in [0, 0.05) is 23.8 Å². The molecule has 0 radical (unpaired) electrons. The van der Waals surface area contributed by atoms with E-state index in [0.29, 0.717) is 11.4 Å². The second-order valence-electron chi connectivity index (χ2n) is 4.02. The van der Waals surface area contributed by atoms with Crippen LogP contribution in [0.5, 0.6) is 0 Å². The van der Waals surface area contributed by atoms with Gasteiger partial charge in [-0.05, 0) is 24.3 Å². The lowest BCUT2D eigenvalue weighted by molar-refractivity contribution is -0.124. The first kappa shape index (κ1) is 13.5. The van der Waals surface area contributed by atoms with Crippen LogP contribution < -0.4 is 16.6 Å². The molecule has 2 aromatic rings. The van der Waals surface area contributed by atoms with E-state index in [1.165, 1.54) is 17.0 Å². The fraction of sp³-hybridized carbons (Fsp3) is 0.0769. The van der Waals surface area contributed by atoms with Crippen LogP contribution >= 0.6 is 0 Å². The zero-order valence-electron chi connectivity index (χ0n) is 10.4. The molecule has 0 saturated heterocycles. The Labute approximate surface area is 114 Å². The van der Waals surface area contributed by atoms with Gasteiger partial charge < -0.3 is 11.1 Å². The molecule has 3 N–H and O–H groups in total. The molecule has 20 heavy (non-hydrogen) atoms. The van der Waals surface area contributed by atoms with Gasteiger partial charge in [-0.15, -0.1) is 0 Å². The number of hydrogen-bond donors (Lipinski definition) is 2. The molecular weight excluding hydrogens is 260 g/mol. The lowest BCUT2D eigenvalue weighted by Crippen LogP contribution is -2.21. The summed E-state index contributed by atoms with van der Waals surface area (Å²) in [5.41, 5.74) is 5.83. The number of nitrogens with zero attached hydrogens (tertiary/aromatic N) is 2. The van der Waals surface area contributed by atoms with Gasteiger partial charge >= 0.3 is 0 Å². The molecule has 1 heterocycles. The van der Waals surface area contributed by atoms with Crippen LogP contribution in [0.2, 0.25) is 0 Å². The van der Waals surface area contributed by atoms with Crippen molar-refractivity contribution in [3.8, 4) is 5.69 Å². The summed E-state index contributed by atoms with van der Waals surface area (Å²) < 4.78 is 1.42. The van der Waals surface area contributed by atoms with Gasteiger partial charge in [0.25, 0.3) is 5.56 Å². The summed E-state index contributed by atoms with van der Waals surface area (Å²) in [4.78, 5) is 37.3. The van der Waals surface area contributed by atoms with Crippen LogP contribution in [-0.4, -0.2) is 21.4 Å². The number of carbonyl (C=O) groups excluding carboxylic acids is 2. The minimum Gasteiger partial charge on any atom is -0.369 e. The molecule has 7 nitrogen and oxygen atoms in total. The zero-order valence-corrected chi connectivity index (χ0v) is 10.4. The highest BCUT2D eigenvalue weighted by atomic mass is 16.2. The fourth-order valence-corrected chi connectivity index (χ4v) is 1.63. The minimum absolute atomic E-state index is 0.252. The summed E-state index contributed by atoms with van der Waals surface area (Å²) in [6, 6.07) is 6.59. The molecule has 0 bridgehead atoms. The Hall–Kier alpha value is -2.96. The smallest absolute Gasteiger partial charge is 0.273 e. The Morgan fingerprint density at radius 1 is 1.25 bits per heavy atom. The SMILES string of the molecule is NC(=O)CC(=O)Nc1ccc(-n2ccncc2=O)cc1. The van der Waals surface area contributed by atoms with E-state index in [0.717, 1.165) is 0 Å². The number of nitrogens with one attached hydrogen (secondary N) is 1. The van der Waals surface area contributed by atoms with Crippen LogP contribution in [0.3, 0.4) is 0 Å². The maximum absolute atomic E-state index is 11.6. The van der Waals surface area contributed by atoms with Gasteiger partial charge in [-0.3, -0.25) is 23.9 Å². The van der Waals surface area contributed by atoms with E-state index in [1.807, 2.05) is 0 Å². The lowest BCUT2D eigenvalue weighted by Gasteiger charge is -2.07. The molecule has 0 spiro atoms. The van der Waals surface area contributed by atoms with Gasteiger partial charge in [0.15, 0.2) is 0 Å². The first-order valence-corrected chi connectivity index (χ1v) is 5.77. The topological polar surface area (TPSA) is 107 Å². The summed E-state index contributed by atoms with van der Waals surface area (Å²) in [7, 11) is 0. The van der Waals surface area contributed by atoms with Crippen molar-refractivity contribution in [1.82, 2.24) is 9.55 Å². The number of aromatic nitrogens is 2. The van der Waals surface area contributed by atoms with E-state index < -0.39 is 11.8 Å². The quantitative estimate of drug-likeness (QED) is 0.766. The predicted octanol–water partition coefficient (Wildman–Crippen LogP) is 0.0464. The minimum atomic E-state index is -0.692. The van der Waals surface area contributed by atoms with Gasteiger partial charge in [-0.25, -0.2) is 0 Å². The highest BCUT2D eigenvalue weighted by Gasteiger charge is 2.06. The first-order chi connectivity index (χ1) is 9.56. The van der Waals surface area contributed by atoms with E-state index in [2.05, 4.69) is 10.3 Å². The molecule has 0 fully saturated rings. The standard InChI is InChI=1S/C13H12N4O3/c14-11(18)7-12(19)16-9-1-3-10(4-2-9)17-6-5-15-8-13(17)20/h1-6,8H,7H2,(H2,14,18)(H,16,19). The highest BCUT2D eigenvalue weighted by Crippen LogP contribution is 2.12. The molecule has 102 valence electrons. The third-order valence-corrected chi connectivity index (χ3v) is 2.49. The molecule has 1 aromatic carbocycles. The van der Waals surface area contributed by atoms with E-state index in [9.17, 15) is 14.4 Å². The molecular formula is C13H12N4O3. The number of carbonyl (C=O) groups is 2. The Kier molecular flexibility index (Phi) is 3.90. The molecule has 0 aliphatic rings. The van der Waals surface area contributed by atoms with E-state index >= 15 is 0 Å². The van der Waals surface area contributed by atoms with Crippen molar-refractivity contribution >= 4 is 17.5 Å². The van der Waals surface area contributed by atoms with E-state index in [-0.39, 0.29) is 12.0 Å². The largest absolute Gasteiger partial charge is 0.369 e. The number of primary amides is 1. The zero-order chi connectivity index (χ0) is 14.5. The van der Waals surface area contributed by atoms with Gasteiger partial charge in [0.1, 0.15) is 6.42 Å². The normalized spacial score (nSPS) is 10.0. The summed E-state index contributed by atoms with van der Waals surface area (Å²) in [6.45, 7) is 0. The van der Waals surface area contributed by atoms with Crippen molar-refractivity contribution in [2.45, 2.75) is 6.42 Å². The monoisotopic (exact) mass is 272 g/mol. The lowest BCUT2D eigenvalue weighted by atomic mass is 10.2. The molecule has 0 saturated carbocycles. The van der Waals surface area contributed by atoms with E-state index in [4.69, 9.17) is 5.73 Å². The number of benzene rings is 1. The summed E-state index contributed by atoms with van der Waals surface area (Å²) in [5.74, 6) is -1.17. The molecule has 0 aliphatic heterocycles. The van der Waals surface area contributed by atoms with Gasteiger partial charge in [-0.2, -0.15) is 0 Å². The van der Waals surface area contributed by atoms with Crippen LogP contribution in [0.4, 0.5) is 5.69 Å². The molecule has 2 rings (SSSR count). The number of rotatable bonds is 4. The third-order valence-electron chi connectivity index (χ3n) is 2.49.